The van der Waals surface area contributed by atoms with Crippen molar-refractivity contribution in [2.45, 2.75) is 6.92 Å². The molecule has 0 unspecified atom stereocenters. The maximum atomic E-state index is 6.54. The van der Waals surface area contributed by atoms with Crippen LogP contribution in [0.5, 0.6) is 23.0 Å². The van der Waals surface area contributed by atoms with E-state index in [4.69, 9.17) is 19.4 Å². The van der Waals surface area contributed by atoms with E-state index in [0.717, 1.165) is 82.6 Å². The summed E-state index contributed by atoms with van der Waals surface area (Å²) in [7, 11) is 0. The Balaban J connectivity index is 0.00000229. The van der Waals surface area contributed by atoms with Crippen molar-refractivity contribution in [3.05, 3.63) is 188 Å². The van der Waals surface area contributed by atoms with E-state index in [1.165, 1.54) is 0 Å². The van der Waals surface area contributed by atoms with Gasteiger partial charge < -0.3 is 23.2 Å². The average molecular weight is 1160 g/mol. The molecule has 6 aromatic heterocycles. The van der Waals surface area contributed by atoms with E-state index >= 15 is 0 Å². The molecule has 12 aromatic rings. The van der Waals surface area contributed by atoms with Crippen LogP contribution in [0.2, 0.25) is 0 Å². The smallest absolute Gasteiger partial charge is 0.509 e. The molecule has 0 aliphatic carbocycles. The van der Waals surface area contributed by atoms with Crippen LogP contribution in [0.1, 0.15) is 5.56 Å². The number of nitrogens with zero attached hydrogens (tertiary/aromatic N) is 7. The van der Waals surface area contributed by atoms with Crippen LogP contribution in [0.3, 0.4) is 0 Å². The van der Waals surface area contributed by atoms with Gasteiger partial charge >= 0.3 is 42.1 Å². The Hall–Kier alpha value is -6.92. The van der Waals surface area contributed by atoms with Gasteiger partial charge in [0.25, 0.3) is 0 Å². The first-order chi connectivity index (χ1) is 29.6. The van der Waals surface area contributed by atoms with E-state index < -0.39 is 0 Å². The molecule has 9 nitrogen and oxygen atoms in total. The number of hydrogen-bond acceptors (Lipinski definition) is 6. The summed E-state index contributed by atoms with van der Waals surface area (Å²) in [5.74, 6) is 4.20. The van der Waals surface area contributed by atoms with Crippen LogP contribution in [0.4, 0.5) is 0 Å². The van der Waals surface area contributed by atoms with Gasteiger partial charge in [0.1, 0.15) is 11.6 Å². The normalized spacial score (nSPS) is 11.4. The van der Waals surface area contributed by atoms with Crippen LogP contribution >= 0.6 is 0 Å². The molecule has 12 rings (SSSR count). The fourth-order valence-corrected chi connectivity index (χ4v) is 8.20. The van der Waals surface area contributed by atoms with Gasteiger partial charge in [-0.15, -0.1) is 59.3 Å². The molecule has 6 heterocycles. The van der Waals surface area contributed by atoms with Crippen molar-refractivity contribution in [1.29, 1.82) is 0 Å². The van der Waals surface area contributed by atoms with Gasteiger partial charge in [-0.2, -0.15) is 35.0 Å². The minimum absolute atomic E-state index is 0. The van der Waals surface area contributed by atoms with Gasteiger partial charge in [0.2, 0.25) is 5.95 Å². The molecule has 0 radical (unpaired) electrons. The largest absolute Gasteiger partial charge is 2.00 e. The van der Waals surface area contributed by atoms with E-state index in [1.807, 2.05) is 109 Å². The number of rotatable bonds is 7. The van der Waals surface area contributed by atoms with Crippen molar-refractivity contribution in [2.24, 2.45) is 0 Å². The van der Waals surface area contributed by atoms with Crippen molar-refractivity contribution in [2.75, 3.05) is 0 Å². The number of fused-ring (bicyclic) bond motifs is 9. The topological polar surface area (TPSA) is 84.8 Å². The SMILES string of the molecule is Cc1cnc(-n2c3[c-]c(Oc4[c-]c5c(cc4)c4ccccc4n5-c4ccccn4)ccc3c3ccc(Oc4[c-]c5c(cc4)c4ccccc4n5-c4ccccn4)[c-]c32)nc1.[Pt+2].[Pt+2]. The first kappa shape index (κ1) is 39.2. The van der Waals surface area contributed by atoms with Crippen LogP contribution in [-0.2, 0) is 42.1 Å². The number of hydrogen-bond donors (Lipinski definition) is 0. The van der Waals surface area contributed by atoms with E-state index in [-0.39, 0.29) is 42.1 Å². The molecule has 0 saturated heterocycles. The molecule has 11 heteroatoms. The van der Waals surface area contributed by atoms with E-state index in [1.54, 1.807) is 24.8 Å². The molecule has 300 valence electrons. The minimum Gasteiger partial charge on any atom is -0.509 e. The zero-order valence-electron chi connectivity index (χ0n) is 32.6. The van der Waals surface area contributed by atoms with Gasteiger partial charge in [-0.3, -0.25) is 0 Å². The second-order valence-corrected chi connectivity index (χ2v) is 14.5. The molecular formula is C51H29N7O2Pt2. The van der Waals surface area contributed by atoms with Crippen molar-refractivity contribution in [3.63, 3.8) is 0 Å². The predicted octanol–water partition coefficient (Wildman–Crippen LogP) is 11.6. The van der Waals surface area contributed by atoms with E-state index in [2.05, 4.69) is 79.8 Å². The number of para-hydroxylation sites is 2. The standard InChI is InChI=1S/C51H29N7O2.2Pt/c1-32-30-54-51(55-31-32)58-47-28-35(59-33-16-20-39-37-10-2-4-12-43(37)56(45(39)26-33)49-14-6-8-24-52-49)18-22-41(47)42-23-19-36(29-48(42)58)60-34-17-21-40-38-11-3-5-13-44(38)57(46(40)27-34)50-15-7-9-25-53-50;;/h2-25,30-31H,1H3;;/q-4;2*+2. The van der Waals surface area contributed by atoms with Gasteiger partial charge in [0, 0.05) is 58.8 Å². The second-order valence-electron chi connectivity index (χ2n) is 14.5. The van der Waals surface area contributed by atoms with Crippen LogP contribution in [-0.4, -0.2) is 33.6 Å². The summed E-state index contributed by atoms with van der Waals surface area (Å²) in [5.41, 5.74) is 6.23. The fraction of sp³-hybridized carbons (Fsp3) is 0.0196. The summed E-state index contributed by atoms with van der Waals surface area (Å²) in [4.78, 5) is 18.8. The van der Waals surface area contributed by atoms with Crippen LogP contribution in [0, 0.1) is 31.2 Å². The summed E-state index contributed by atoms with van der Waals surface area (Å²) < 4.78 is 19.3. The van der Waals surface area contributed by atoms with Gasteiger partial charge in [0.15, 0.2) is 0 Å². The zero-order chi connectivity index (χ0) is 39.7. The summed E-state index contributed by atoms with van der Waals surface area (Å²) in [5, 5.41) is 6.21. The van der Waals surface area contributed by atoms with E-state index in [0.29, 0.717) is 28.9 Å². The summed E-state index contributed by atoms with van der Waals surface area (Å²) in [6.45, 7) is 1.97. The molecule has 6 aromatic carbocycles. The van der Waals surface area contributed by atoms with Crippen LogP contribution in [0.25, 0.3) is 83.0 Å². The van der Waals surface area contributed by atoms with E-state index in [9.17, 15) is 0 Å². The zero-order valence-corrected chi connectivity index (χ0v) is 37.1. The van der Waals surface area contributed by atoms with Crippen molar-refractivity contribution in [3.8, 4) is 40.6 Å². The number of aromatic nitrogens is 7. The van der Waals surface area contributed by atoms with Crippen molar-refractivity contribution in [1.82, 2.24) is 33.6 Å². The minimum atomic E-state index is 0. The monoisotopic (exact) mass is 1160 g/mol. The Morgan fingerprint density at radius 2 is 0.758 bits per heavy atom. The Labute approximate surface area is 383 Å². The van der Waals surface area contributed by atoms with Crippen LogP contribution in [0.15, 0.2) is 158 Å². The molecule has 0 N–H and O–H groups in total. The number of pyridine rings is 2. The quantitative estimate of drug-likeness (QED) is 0.148. The first-order valence-corrected chi connectivity index (χ1v) is 19.5. The third-order valence-corrected chi connectivity index (χ3v) is 10.8. The molecule has 0 bridgehead atoms. The van der Waals surface area contributed by atoms with Crippen LogP contribution < -0.4 is 9.47 Å². The molecule has 0 aliphatic rings. The summed E-state index contributed by atoms with van der Waals surface area (Å²) in [6, 6.07) is 58.5. The third kappa shape index (κ3) is 6.48. The number of ether oxygens (including phenoxy) is 2. The van der Waals surface area contributed by atoms with Gasteiger partial charge in [-0.05, 0) is 59.7 Å². The Kier molecular flexibility index (Phi) is 10.0. The van der Waals surface area contributed by atoms with Crippen molar-refractivity contribution >= 4 is 65.4 Å². The molecule has 0 fully saturated rings. The summed E-state index contributed by atoms with van der Waals surface area (Å²) in [6.07, 6.45) is 7.20. The average Bonchev–Trinajstić information content (AvgIpc) is 3.92. The van der Waals surface area contributed by atoms with Gasteiger partial charge in [-0.25, -0.2) is 19.9 Å². The Morgan fingerprint density at radius 3 is 1.16 bits per heavy atom. The maximum Gasteiger partial charge on any atom is 2.00 e. The summed E-state index contributed by atoms with van der Waals surface area (Å²) >= 11 is 0. The molecule has 0 saturated carbocycles. The number of benzene rings is 6. The first-order valence-electron chi connectivity index (χ1n) is 19.5. The molecule has 62 heavy (non-hydrogen) atoms. The molecule has 0 aliphatic heterocycles. The Morgan fingerprint density at radius 1 is 0.387 bits per heavy atom. The molecular weight excluding hydrogens is 1130 g/mol. The van der Waals surface area contributed by atoms with Gasteiger partial charge in [0.05, 0.1) is 0 Å². The number of aryl methyl sites for hydroxylation is 1. The fourth-order valence-electron chi connectivity index (χ4n) is 8.20. The maximum absolute atomic E-state index is 6.54. The molecule has 0 amide bonds. The second kappa shape index (κ2) is 15.8. The third-order valence-electron chi connectivity index (χ3n) is 10.8. The molecule has 0 atom stereocenters. The van der Waals surface area contributed by atoms with Crippen molar-refractivity contribution < 1.29 is 51.6 Å². The predicted molar refractivity (Wildman–Crippen MR) is 234 cm³/mol. The van der Waals surface area contributed by atoms with Gasteiger partial charge in [-0.1, -0.05) is 70.6 Å². The molecule has 0 spiro atoms. The Bertz CT molecular complexity index is 3410.